The number of aryl methyl sites for hydroxylation is 2. The molecule has 0 spiro atoms. The number of fused-ring (bicyclic) bond motifs is 1. The third-order valence-corrected chi connectivity index (χ3v) is 4.33. The largest absolute Gasteiger partial charge is 0.506 e. The van der Waals surface area contributed by atoms with Gasteiger partial charge in [0.15, 0.2) is 5.56 Å². The van der Waals surface area contributed by atoms with Crippen LogP contribution in [0, 0.1) is 0 Å². The standard InChI is InChI=1S/C18H16BrN3O4/c1-2-26-18(25)14-15(23)13-9-12(19)10-21-16(13)22(17(14)24)8-5-11-3-6-20-7-4-11/h3-4,6-7,9-10,23H,2,5,8H2,1H3. The highest BCUT2D eigenvalue weighted by Gasteiger charge is 2.24. The lowest BCUT2D eigenvalue weighted by Crippen LogP contribution is -2.29. The Kier molecular flexibility index (Phi) is 5.32. The van der Waals surface area contributed by atoms with Gasteiger partial charge in [-0.2, -0.15) is 0 Å². The number of carbonyl (C=O) groups excluding carboxylic acids is 1. The van der Waals surface area contributed by atoms with E-state index in [0.29, 0.717) is 28.5 Å². The molecule has 0 aromatic carbocycles. The van der Waals surface area contributed by atoms with E-state index >= 15 is 0 Å². The molecular formula is C18H16BrN3O4. The van der Waals surface area contributed by atoms with Crippen molar-refractivity contribution in [3.8, 4) is 5.75 Å². The second kappa shape index (κ2) is 7.65. The quantitative estimate of drug-likeness (QED) is 0.641. The summed E-state index contributed by atoms with van der Waals surface area (Å²) < 4.78 is 6.94. The normalized spacial score (nSPS) is 10.8. The predicted octanol–water partition coefficient (Wildman–Crippen LogP) is 2.68. The predicted molar refractivity (Wildman–Crippen MR) is 99.3 cm³/mol. The van der Waals surface area contributed by atoms with E-state index < -0.39 is 17.3 Å². The number of nitrogens with zero attached hydrogens (tertiary/aromatic N) is 3. The minimum absolute atomic E-state index is 0.101. The van der Waals surface area contributed by atoms with Crippen LogP contribution in [-0.2, 0) is 17.7 Å². The first kappa shape index (κ1) is 18.1. The van der Waals surface area contributed by atoms with E-state index in [2.05, 4.69) is 25.9 Å². The molecule has 7 nitrogen and oxygen atoms in total. The monoisotopic (exact) mass is 417 g/mol. The van der Waals surface area contributed by atoms with Crippen molar-refractivity contribution >= 4 is 32.9 Å². The number of ether oxygens (including phenoxy) is 1. The number of halogens is 1. The molecule has 0 aliphatic heterocycles. The third-order valence-electron chi connectivity index (χ3n) is 3.89. The van der Waals surface area contributed by atoms with Crippen molar-refractivity contribution in [1.82, 2.24) is 14.5 Å². The van der Waals surface area contributed by atoms with Gasteiger partial charge in [0.1, 0.15) is 11.4 Å². The zero-order valence-corrected chi connectivity index (χ0v) is 15.6. The van der Waals surface area contributed by atoms with Crippen LogP contribution in [0.5, 0.6) is 5.75 Å². The summed E-state index contributed by atoms with van der Waals surface area (Å²) in [6, 6.07) is 5.32. The summed E-state index contributed by atoms with van der Waals surface area (Å²) in [5, 5.41) is 10.8. The van der Waals surface area contributed by atoms with Crippen LogP contribution in [0.2, 0.25) is 0 Å². The molecular weight excluding hydrogens is 402 g/mol. The Morgan fingerprint density at radius 1 is 1.35 bits per heavy atom. The molecule has 0 amide bonds. The van der Waals surface area contributed by atoms with Crippen molar-refractivity contribution in [2.75, 3.05) is 6.61 Å². The van der Waals surface area contributed by atoms with Gasteiger partial charge in [0.05, 0.1) is 12.0 Å². The second-order valence-corrected chi connectivity index (χ2v) is 6.45. The molecule has 3 aromatic rings. The number of aromatic hydroxyl groups is 1. The lowest BCUT2D eigenvalue weighted by atomic mass is 10.1. The zero-order chi connectivity index (χ0) is 18.7. The molecule has 0 aliphatic carbocycles. The van der Waals surface area contributed by atoms with Crippen LogP contribution in [0.1, 0.15) is 22.8 Å². The second-order valence-electron chi connectivity index (χ2n) is 5.53. The first-order chi connectivity index (χ1) is 12.5. The van der Waals surface area contributed by atoms with E-state index in [4.69, 9.17) is 4.74 Å². The summed E-state index contributed by atoms with van der Waals surface area (Å²) in [5.74, 6) is -1.27. The van der Waals surface area contributed by atoms with Crippen molar-refractivity contribution in [3.05, 3.63) is 62.7 Å². The molecule has 3 aromatic heterocycles. The summed E-state index contributed by atoms with van der Waals surface area (Å²) in [7, 11) is 0. The summed E-state index contributed by atoms with van der Waals surface area (Å²) in [6.07, 6.45) is 5.43. The molecule has 0 saturated heterocycles. The molecule has 0 bridgehead atoms. The summed E-state index contributed by atoms with van der Waals surface area (Å²) in [6.45, 7) is 2.03. The van der Waals surface area contributed by atoms with Gasteiger partial charge in [0.2, 0.25) is 0 Å². The Morgan fingerprint density at radius 2 is 2.08 bits per heavy atom. The Hall–Kier alpha value is -2.74. The Morgan fingerprint density at radius 3 is 2.77 bits per heavy atom. The number of carbonyl (C=O) groups is 1. The lowest BCUT2D eigenvalue weighted by molar-refractivity contribution is 0.0520. The zero-order valence-electron chi connectivity index (χ0n) is 14.0. The van der Waals surface area contributed by atoms with Crippen molar-refractivity contribution in [2.45, 2.75) is 19.9 Å². The fraction of sp³-hybridized carbons (Fsp3) is 0.222. The molecule has 0 atom stereocenters. The number of aromatic nitrogens is 3. The van der Waals surface area contributed by atoms with Crippen molar-refractivity contribution in [1.29, 1.82) is 0 Å². The Labute approximate surface area is 157 Å². The maximum Gasteiger partial charge on any atom is 0.347 e. The van der Waals surface area contributed by atoms with Gasteiger partial charge < -0.3 is 9.84 Å². The molecule has 0 aliphatic rings. The van der Waals surface area contributed by atoms with Crippen molar-refractivity contribution in [2.24, 2.45) is 0 Å². The maximum absolute atomic E-state index is 12.9. The number of hydrogen-bond acceptors (Lipinski definition) is 6. The van der Waals surface area contributed by atoms with E-state index in [1.54, 1.807) is 25.4 Å². The number of esters is 1. The Balaban J connectivity index is 2.16. The van der Waals surface area contributed by atoms with Gasteiger partial charge in [-0.05, 0) is 53.0 Å². The molecule has 26 heavy (non-hydrogen) atoms. The molecule has 0 saturated carbocycles. The van der Waals surface area contributed by atoms with E-state index in [1.807, 2.05) is 12.1 Å². The average molecular weight is 418 g/mol. The minimum atomic E-state index is -0.852. The van der Waals surface area contributed by atoms with Gasteiger partial charge in [0, 0.05) is 29.6 Å². The minimum Gasteiger partial charge on any atom is -0.506 e. The van der Waals surface area contributed by atoms with Gasteiger partial charge in [-0.15, -0.1) is 0 Å². The fourth-order valence-corrected chi connectivity index (χ4v) is 3.00. The molecule has 0 unspecified atom stereocenters. The Bertz CT molecular complexity index is 1020. The van der Waals surface area contributed by atoms with Crippen LogP contribution < -0.4 is 5.56 Å². The highest BCUT2D eigenvalue weighted by molar-refractivity contribution is 9.10. The molecule has 8 heteroatoms. The topological polar surface area (TPSA) is 94.3 Å². The lowest BCUT2D eigenvalue weighted by Gasteiger charge is -2.14. The first-order valence-corrected chi connectivity index (χ1v) is 8.79. The van der Waals surface area contributed by atoms with Crippen LogP contribution >= 0.6 is 15.9 Å². The summed E-state index contributed by atoms with van der Waals surface area (Å²) in [4.78, 5) is 33.3. The number of pyridine rings is 3. The van der Waals surface area contributed by atoms with Crippen molar-refractivity contribution in [3.63, 3.8) is 0 Å². The van der Waals surface area contributed by atoms with E-state index in [9.17, 15) is 14.7 Å². The highest BCUT2D eigenvalue weighted by Crippen LogP contribution is 2.28. The molecule has 3 rings (SSSR count). The molecule has 0 radical (unpaired) electrons. The molecule has 134 valence electrons. The molecule has 3 heterocycles. The van der Waals surface area contributed by atoms with Crippen LogP contribution in [0.25, 0.3) is 11.0 Å². The van der Waals surface area contributed by atoms with Crippen LogP contribution in [0.4, 0.5) is 0 Å². The van der Waals surface area contributed by atoms with Crippen molar-refractivity contribution < 1.29 is 14.6 Å². The van der Waals surface area contributed by atoms with Gasteiger partial charge in [-0.1, -0.05) is 0 Å². The number of hydrogen-bond donors (Lipinski definition) is 1. The average Bonchev–Trinajstić information content (AvgIpc) is 2.63. The number of rotatable bonds is 5. The van der Waals surface area contributed by atoms with Crippen LogP contribution in [0.3, 0.4) is 0 Å². The van der Waals surface area contributed by atoms with Gasteiger partial charge >= 0.3 is 5.97 Å². The maximum atomic E-state index is 12.9. The fourth-order valence-electron chi connectivity index (χ4n) is 2.67. The van der Waals surface area contributed by atoms with E-state index in [-0.39, 0.29) is 12.2 Å². The van der Waals surface area contributed by atoms with Gasteiger partial charge in [0.25, 0.3) is 5.56 Å². The summed E-state index contributed by atoms with van der Waals surface area (Å²) >= 11 is 3.29. The smallest absolute Gasteiger partial charge is 0.347 e. The van der Waals surface area contributed by atoms with Gasteiger partial charge in [-0.3, -0.25) is 14.3 Å². The summed E-state index contributed by atoms with van der Waals surface area (Å²) in [5.41, 5.74) is 0.284. The third kappa shape index (κ3) is 3.45. The van der Waals surface area contributed by atoms with E-state index in [1.165, 1.54) is 10.8 Å². The van der Waals surface area contributed by atoms with Crippen LogP contribution in [-0.4, -0.2) is 32.2 Å². The highest BCUT2D eigenvalue weighted by atomic mass is 79.9. The van der Waals surface area contributed by atoms with Gasteiger partial charge in [-0.25, -0.2) is 9.78 Å². The van der Waals surface area contributed by atoms with Crippen LogP contribution in [0.15, 0.2) is 46.1 Å². The molecule has 0 fully saturated rings. The molecule has 1 N–H and O–H groups in total. The first-order valence-electron chi connectivity index (χ1n) is 8.00. The van der Waals surface area contributed by atoms with E-state index in [0.717, 1.165) is 5.56 Å². The SMILES string of the molecule is CCOC(=O)c1c(O)c2cc(Br)cnc2n(CCc2ccncc2)c1=O.